The van der Waals surface area contributed by atoms with E-state index in [0.29, 0.717) is 13.1 Å². The molecule has 17 heavy (non-hydrogen) atoms. The van der Waals surface area contributed by atoms with Crippen LogP contribution in [0.1, 0.15) is 27.7 Å². The molecule has 4 nitrogen and oxygen atoms in total. The highest BCUT2D eigenvalue weighted by molar-refractivity contribution is 5.68. The van der Waals surface area contributed by atoms with Crippen molar-refractivity contribution in [2.24, 2.45) is 11.8 Å². The molecule has 0 radical (unpaired) electrons. The molecular formula is C13H23NO3. The van der Waals surface area contributed by atoms with Crippen LogP contribution < -0.4 is 0 Å². The number of likely N-dealkylation sites (tertiary alicyclic amines) is 1. The Morgan fingerprint density at radius 3 is 2.41 bits per heavy atom. The van der Waals surface area contributed by atoms with E-state index in [9.17, 15) is 9.90 Å². The van der Waals surface area contributed by atoms with Crippen LogP contribution in [0, 0.1) is 11.8 Å². The minimum atomic E-state index is -0.479. The number of rotatable bonds is 2. The summed E-state index contributed by atoms with van der Waals surface area (Å²) in [6, 6.07) is 0. The zero-order chi connectivity index (χ0) is 13.2. The molecule has 98 valence electrons. The number of ether oxygens (including phenoxy) is 1. The quantitative estimate of drug-likeness (QED) is 0.753. The van der Waals surface area contributed by atoms with Crippen molar-refractivity contribution >= 4 is 6.09 Å². The average Bonchev–Trinajstić information content (AvgIpc) is 2.58. The van der Waals surface area contributed by atoms with Crippen LogP contribution in [-0.2, 0) is 4.74 Å². The lowest BCUT2D eigenvalue weighted by atomic mass is 9.91. The molecule has 0 aromatic rings. The van der Waals surface area contributed by atoms with Gasteiger partial charge in [-0.05, 0) is 27.7 Å². The van der Waals surface area contributed by atoms with E-state index in [-0.39, 0.29) is 24.5 Å². The van der Waals surface area contributed by atoms with Crippen LogP contribution in [0.4, 0.5) is 4.79 Å². The predicted molar refractivity (Wildman–Crippen MR) is 66.7 cm³/mol. The summed E-state index contributed by atoms with van der Waals surface area (Å²) in [5, 5.41) is 9.30. The Balaban J connectivity index is 2.64. The molecule has 2 unspecified atom stereocenters. The Bertz CT molecular complexity index is 306. The number of aliphatic hydroxyl groups excluding tert-OH is 1. The average molecular weight is 241 g/mol. The van der Waals surface area contributed by atoms with Crippen molar-refractivity contribution in [2.45, 2.75) is 33.3 Å². The molecular weight excluding hydrogens is 218 g/mol. The van der Waals surface area contributed by atoms with Crippen molar-refractivity contribution in [1.29, 1.82) is 0 Å². The first-order chi connectivity index (χ1) is 7.74. The Kier molecular flexibility index (Phi) is 4.20. The summed E-state index contributed by atoms with van der Waals surface area (Å²) >= 11 is 0. The first-order valence-electron chi connectivity index (χ1n) is 5.98. The van der Waals surface area contributed by atoms with E-state index in [1.165, 1.54) is 0 Å². The van der Waals surface area contributed by atoms with Crippen molar-refractivity contribution in [3.8, 4) is 0 Å². The van der Waals surface area contributed by atoms with Crippen molar-refractivity contribution in [1.82, 2.24) is 4.90 Å². The minimum Gasteiger partial charge on any atom is -0.444 e. The molecule has 1 rings (SSSR count). The monoisotopic (exact) mass is 241 g/mol. The van der Waals surface area contributed by atoms with E-state index in [0.717, 1.165) is 5.57 Å². The fourth-order valence-electron chi connectivity index (χ4n) is 2.09. The Morgan fingerprint density at radius 1 is 1.47 bits per heavy atom. The number of hydrogen-bond donors (Lipinski definition) is 1. The molecule has 0 aliphatic carbocycles. The van der Waals surface area contributed by atoms with Gasteiger partial charge in [0.1, 0.15) is 5.60 Å². The van der Waals surface area contributed by atoms with Gasteiger partial charge in [-0.1, -0.05) is 12.2 Å². The number of nitrogens with zero attached hydrogens (tertiary/aromatic N) is 1. The molecule has 1 amide bonds. The molecule has 1 saturated heterocycles. The molecule has 1 aliphatic rings. The van der Waals surface area contributed by atoms with Crippen molar-refractivity contribution in [3.05, 3.63) is 12.2 Å². The molecule has 0 spiro atoms. The second-order valence-electron chi connectivity index (χ2n) is 5.78. The summed E-state index contributed by atoms with van der Waals surface area (Å²) in [4.78, 5) is 13.5. The standard InChI is InChI=1S/C13H23NO3/c1-9(2)11-7-14(6-10(11)8-15)12(16)17-13(3,4)5/h10-11,15H,1,6-8H2,2-5H3. The topological polar surface area (TPSA) is 49.8 Å². The molecule has 0 aromatic heterocycles. The van der Waals surface area contributed by atoms with E-state index in [2.05, 4.69) is 6.58 Å². The van der Waals surface area contributed by atoms with Gasteiger partial charge in [-0.3, -0.25) is 0 Å². The maximum atomic E-state index is 11.9. The second-order valence-corrected chi connectivity index (χ2v) is 5.78. The summed E-state index contributed by atoms with van der Waals surface area (Å²) in [6.07, 6.45) is -0.306. The summed E-state index contributed by atoms with van der Waals surface area (Å²) in [6.45, 7) is 12.6. The van der Waals surface area contributed by atoms with Crippen molar-refractivity contribution in [3.63, 3.8) is 0 Å². The SMILES string of the molecule is C=C(C)C1CN(C(=O)OC(C)(C)C)CC1CO. The molecule has 0 saturated carbocycles. The van der Waals surface area contributed by atoms with E-state index in [1.54, 1.807) is 4.90 Å². The number of carbonyl (C=O) groups excluding carboxylic acids is 1. The molecule has 0 aromatic carbocycles. The summed E-state index contributed by atoms with van der Waals surface area (Å²) in [7, 11) is 0. The van der Waals surface area contributed by atoms with Crippen LogP contribution in [0.2, 0.25) is 0 Å². The lowest BCUT2D eigenvalue weighted by Crippen LogP contribution is -2.35. The number of amides is 1. The first-order valence-corrected chi connectivity index (χ1v) is 5.98. The molecule has 1 aliphatic heterocycles. The fraction of sp³-hybridized carbons (Fsp3) is 0.769. The summed E-state index contributed by atoms with van der Waals surface area (Å²) < 4.78 is 5.32. The van der Waals surface area contributed by atoms with Gasteiger partial charge in [0.25, 0.3) is 0 Å². The highest BCUT2D eigenvalue weighted by atomic mass is 16.6. The molecule has 1 heterocycles. The molecule has 1 N–H and O–H groups in total. The van der Waals surface area contributed by atoms with Gasteiger partial charge < -0.3 is 14.7 Å². The van der Waals surface area contributed by atoms with Crippen molar-refractivity contribution in [2.75, 3.05) is 19.7 Å². The number of aliphatic hydroxyl groups is 1. The van der Waals surface area contributed by atoms with E-state index in [1.807, 2.05) is 27.7 Å². The molecule has 1 fully saturated rings. The van der Waals surface area contributed by atoms with E-state index < -0.39 is 5.60 Å². The van der Waals surface area contributed by atoms with Gasteiger partial charge in [0.05, 0.1) is 0 Å². The van der Waals surface area contributed by atoms with Gasteiger partial charge in [-0.15, -0.1) is 0 Å². The Morgan fingerprint density at radius 2 is 2.06 bits per heavy atom. The van der Waals surface area contributed by atoms with Gasteiger partial charge in [-0.25, -0.2) is 4.79 Å². The normalized spacial score (nSPS) is 24.9. The first kappa shape index (κ1) is 14.0. The van der Waals surface area contributed by atoms with Gasteiger partial charge in [0, 0.05) is 31.5 Å². The van der Waals surface area contributed by atoms with Crippen LogP contribution in [0.3, 0.4) is 0 Å². The molecule has 2 atom stereocenters. The lowest BCUT2D eigenvalue weighted by molar-refractivity contribution is 0.0282. The van der Waals surface area contributed by atoms with Crippen LogP contribution in [0.15, 0.2) is 12.2 Å². The third kappa shape index (κ3) is 3.73. The number of carbonyl (C=O) groups is 1. The van der Waals surface area contributed by atoms with Gasteiger partial charge in [0.2, 0.25) is 0 Å². The van der Waals surface area contributed by atoms with Crippen LogP contribution in [-0.4, -0.2) is 41.4 Å². The van der Waals surface area contributed by atoms with Crippen LogP contribution in [0.5, 0.6) is 0 Å². The highest BCUT2D eigenvalue weighted by Gasteiger charge is 2.36. The Labute approximate surface area is 103 Å². The Hall–Kier alpha value is -1.03. The lowest BCUT2D eigenvalue weighted by Gasteiger charge is -2.24. The van der Waals surface area contributed by atoms with Gasteiger partial charge >= 0.3 is 6.09 Å². The molecule has 4 heteroatoms. The minimum absolute atomic E-state index is 0.0802. The zero-order valence-corrected chi connectivity index (χ0v) is 11.2. The van der Waals surface area contributed by atoms with E-state index in [4.69, 9.17) is 4.74 Å². The van der Waals surface area contributed by atoms with Gasteiger partial charge in [0.15, 0.2) is 0 Å². The maximum absolute atomic E-state index is 11.9. The van der Waals surface area contributed by atoms with Crippen LogP contribution in [0.25, 0.3) is 0 Å². The molecule has 0 bridgehead atoms. The van der Waals surface area contributed by atoms with Gasteiger partial charge in [-0.2, -0.15) is 0 Å². The van der Waals surface area contributed by atoms with E-state index >= 15 is 0 Å². The third-order valence-electron chi connectivity index (χ3n) is 2.96. The van der Waals surface area contributed by atoms with Crippen molar-refractivity contribution < 1.29 is 14.6 Å². The fourth-order valence-corrected chi connectivity index (χ4v) is 2.09. The third-order valence-corrected chi connectivity index (χ3v) is 2.96. The highest BCUT2D eigenvalue weighted by Crippen LogP contribution is 2.29. The summed E-state index contributed by atoms with van der Waals surface area (Å²) in [5.74, 6) is 0.257. The largest absolute Gasteiger partial charge is 0.444 e. The number of hydrogen-bond acceptors (Lipinski definition) is 3. The predicted octanol–water partition coefficient (Wildman–Crippen LogP) is 2.04. The smallest absolute Gasteiger partial charge is 0.410 e. The van der Waals surface area contributed by atoms with Crippen LogP contribution >= 0.6 is 0 Å². The maximum Gasteiger partial charge on any atom is 0.410 e. The second kappa shape index (κ2) is 5.08. The zero-order valence-electron chi connectivity index (χ0n) is 11.2. The summed E-state index contributed by atoms with van der Waals surface area (Å²) in [5.41, 5.74) is 0.530.